The highest BCUT2D eigenvalue weighted by Crippen LogP contribution is 2.41. The summed E-state index contributed by atoms with van der Waals surface area (Å²) < 4.78 is 62.1. The number of nitrogens with zero attached hydrogens (tertiary/aromatic N) is 3. The average Bonchev–Trinajstić information content (AvgIpc) is 2.47. The number of hydrogen-bond donors (Lipinski definition) is 0. The second-order valence-corrected chi connectivity index (χ2v) is 3.97. The number of rotatable bonds is 3. The smallest absolute Gasteiger partial charge is 0.263 e. The number of hydrazone groups is 1. The number of halogens is 6. The molecule has 1 aliphatic rings. The SMILES string of the molecule is CCCN1N=CN(C(F)(F)C(F)(F)F)C1Br. The van der Waals surface area contributed by atoms with Crippen molar-refractivity contribution in [3.8, 4) is 0 Å². The van der Waals surface area contributed by atoms with Crippen LogP contribution in [0.1, 0.15) is 13.3 Å². The van der Waals surface area contributed by atoms with Crippen LogP contribution in [0.15, 0.2) is 5.10 Å². The van der Waals surface area contributed by atoms with Crippen LogP contribution in [-0.2, 0) is 0 Å². The Hall–Kier alpha value is -0.600. The zero-order chi connectivity index (χ0) is 12.6. The minimum absolute atomic E-state index is 0.164. The minimum Gasteiger partial charge on any atom is -0.263 e. The fourth-order valence-electron chi connectivity index (χ4n) is 1.12. The first-order chi connectivity index (χ1) is 7.21. The van der Waals surface area contributed by atoms with Crippen molar-refractivity contribution in [2.45, 2.75) is 30.6 Å². The van der Waals surface area contributed by atoms with E-state index in [-0.39, 0.29) is 11.4 Å². The molecule has 1 rings (SSSR count). The third-order valence-corrected chi connectivity index (χ3v) is 2.83. The van der Waals surface area contributed by atoms with Gasteiger partial charge in [0, 0.05) is 6.54 Å². The fourth-order valence-corrected chi connectivity index (χ4v) is 1.80. The van der Waals surface area contributed by atoms with Crippen molar-refractivity contribution in [1.29, 1.82) is 0 Å². The summed E-state index contributed by atoms with van der Waals surface area (Å²) in [4.78, 5) is -0.164. The molecule has 0 amide bonds. The Bertz CT molecular complexity index is 280. The van der Waals surface area contributed by atoms with Gasteiger partial charge in [-0.15, -0.1) is 0 Å². The van der Waals surface area contributed by atoms with Gasteiger partial charge in [0.25, 0.3) is 0 Å². The molecule has 0 aliphatic carbocycles. The van der Waals surface area contributed by atoms with Gasteiger partial charge in [0.1, 0.15) is 6.34 Å². The first-order valence-electron chi connectivity index (χ1n) is 4.39. The van der Waals surface area contributed by atoms with E-state index < -0.39 is 17.3 Å². The van der Waals surface area contributed by atoms with Gasteiger partial charge in [0.15, 0.2) is 5.08 Å². The molecule has 1 unspecified atom stereocenters. The second kappa shape index (κ2) is 4.34. The third kappa shape index (κ3) is 2.23. The van der Waals surface area contributed by atoms with Crippen molar-refractivity contribution in [3.05, 3.63) is 0 Å². The molecule has 0 spiro atoms. The second-order valence-electron chi connectivity index (χ2n) is 3.15. The lowest BCUT2D eigenvalue weighted by Gasteiger charge is -2.32. The van der Waals surface area contributed by atoms with Crippen molar-refractivity contribution in [2.75, 3.05) is 6.54 Å². The largest absolute Gasteiger partial charge is 0.475 e. The Morgan fingerprint density at radius 3 is 2.31 bits per heavy atom. The topological polar surface area (TPSA) is 18.8 Å². The predicted molar refractivity (Wildman–Crippen MR) is 51.0 cm³/mol. The molecular weight excluding hydrogens is 301 g/mol. The van der Waals surface area contributed by atoms with E-state index in [9.17, 15) is 22.0 Å². The highest BCUT2D eigenvalue weighted by atomic mass is 79.9. The Morgan fingerprint density at radius 2 is 1.88 bits per heavy atom. The molecule has 0 saturated carbocycles. The van der Waals surface area contributed by atoms with Crippen molar-refractivity contribution < 1.29 is 22.0 Å². The lowest BCUT2D eigenvalue weighted by atomic mass is 10.4. The lowest BCUT2D eigenvalue weighted by molar-refractivity contribution is -0.328. The van der Waals surface area contributed by atoms with Gasteiger partial charge in [-0.2, -0.15) is 27.1 Å². The molecule has 94 valence electrons. The van der Waals surface area contributed by atoms with E-state index in [0.717, 1.165) is 5.01 Å². The van der Waals surface area contributed by atoms with Crippen LogP contribution in [0.4, 0.5) is 22.0 Å². The van der Waals surface area contributed by atoms with E-state index in [1.807, 2.05) is 0 Å². The van der Waals surface area contributed by atoms with Crippen LogP contribution in [0.2, 0.25) is 0 Å². The molecule has 0 aromatic carbocycles. The van der Waals surface area contributed by atoms with E-state index in [2.05, 4.69) is 21.0 Å². The van der Waals surface area contributed by atoms with Crippen LogP contribution in [0.5, 0.6) is 0 Å². The normalized spacial score (nSPS) is 22.1. The highest BCUT2D eigenvalue weighted by molar-refractivity contribution is 9.09. The number of hydrogen-bond acceptors (Lipinski definition) is 3. The standard InChI is InChI=1S/C7H9BrF5N3/c1-2-3-16-5(8)15(4-14-16)7(12,13)6(9,10)11/h4-5H,2-3H2,1H3. The van der Waals surface area contributed by atoms with Gasteiger partial charge < -0.3 is 0 Å². The van der Waals surface area contributed by atoms with Gasteiger partial charge in [0.2, 0.25) is 0 Å². The van der Waals surface area contributed by atoms with E-state index >= 15 is 0 Å². The number of alkyl halides is 6. The molecular formula is C7H9BrF5N3. The van der Waals surface area contributed by atoms with E-state index in [4.69, 9.17) is 0 Å². The van der Waals surface area contributed by atoms with Crippen molar-refractivity contribution in [2.24, 2.45) is 5.10 Å². The van der Waals surface area contributed by atoms with E-state index in [1.54, 1.807) is 6.92 Å². The van der Waals surface area contributed by atoms with Crippen LogP contribution >= 0.6 is 15.9 Å². The zero-order valence-electron chi connectivity index (χ0n) is 8.18. The van der Waals surface area contributed by atoms with Gasteiger partial charge in [-0.05, 0) is 22.4 Å². The molecule has 0 bridgehead atoms. The zero-order valence-corrected chi connectivity index (χ0v) is 9.76. The molecule has 1 atom stereocenters. The summed E-state index contributed by atoms with van der Waals surface area (Å²) in [5.74, 6) is 0. The lowest BCUT2D eigenvalue weighted by Crippen LogP contribution is -2.54. The maximum Gasteiger partial charge on any atom is 0.475 e. The Kier molecular flexibility index (Phi) is 3.65. The Labute approximate surface area is 97.0 Å². The summed E-state index contributed by atoms with van der Waals surface area (Å²) in [7, 11) is 0. The summed E-state index contributed by atoms with van der Waals surface area (Å²) in [5, 5.41) is 3.30. The van der Waals surface area contributed by atoms with Gasteiger partial charge in [-0.25, -0.2) is 0 Å². The molecule has 0 N–H and O–H groups in total. The molecule has 0 saturated heterocycles. The summed E-state index contributed by atoms with van der Waals surface area (Å²) in [5.41, 5.74) is 0. The van der Waals surface area contributed by atoms with E-state index in [1.165, 1.54) is 0 Å². The molecule has 16 heavy (non-hydrogen) atoms. The van der Waals surface area contributed by atoms with Crippen LogP contribution in [0, 0.1) is 0 Å². The monoisotopic (exact) mass is 309 g/mol. The van der Waals surface area contributed by atoms with Crippen molar-refractivity contribution >= 4 is 22.3 Å². The maximum atomic E-state index is 13.0. The minimum atomic E-state index is -5.63. The van der Waals surface area contributed by atoms with Crippen LogP contribution < -0.4 is 0 Å². The van der Waals surface area contributed by atoms with Crippen molar-refractivity contribution in [1.82, 2.24) is 9.91 Å². The summed E-state index contributed by atoms with van der Waals surface area (Å²) in [6.45, 7) is 2.05. The summed E-state index contributed by atoms with van der Waals surface area (Å²) >= 11 is 2.75. The molecule has 3 nitrogen and oxygen atoms in total. The van der Waals surface area contributed by atoms with Crippen LogP contribution in [0.3, 0.4) is 0 Å². The molecule has 0 fully saturated rings. The molecule has 0 aromatic heterocycles. The maximum absolute atomic E-state index is 13.0. The summed E-state index contributed by atoms with van der Waals surface area (Å²) in [6, 6.07) is -4.94. The molecule has 9 heteroatoms. The predicted octanol–water partition coefficient (Wildman–Crippen LogP) is 2.79. The highest BCUT2D eigenvalue weighted by Gasteiger charge is 2.64. The Balaban J connectivity index is 2.82. The fraction of sp³-hybridized carbons (Fsp3) is 0.857. The van der Waals surface area contributed by atoms with Crippen molar-refractivity contribution in [3.63, 3.8) is 0 Å². The van der Waals surface area contributed by atoms with Crippen LogP contribution in [-0.4, -0.2) is 40.1 Å². The first kappa shape index (κ1) is 13.5. The summed E-state index contributed by atoms with van der Waals surface area (Å²) in [6.07, 6.45) is -4.55. The Morgan fingerprint density at radius 1 is 1.31 bits per heavy atom. The molecule has 1 heterocycles. The van der Waals surface area contributed by atoms with Gasteiger partial charge in [-0.3, -0.25) is 9.91 Å². The molecule has 0 radical (unpaired) electrons. The van der Waals surface area contributed by atoms with Gasteiger partial charge in [0.05, 0.1) is 0 Å². The van der Waals surface area contributed by atoms with Gasteiger partial charge in [-0.1, -0.05) is 6.92 Å². The average molecular weight is 310 g/mol. The quantitative estimate of drug-likeness (QED) is 0.453. The molecule has 1 aliphatic heterocycles. The van der Waals surface area contributed by atoms with Gasteiger partial charge >= 0.3 is 12.2 Å². The van der Waals surface area contributed by atoms with E-state index in [0.29, 0.717) is 12.8 Å². The molecule has 0 aromatic rings. The third-order valence-electron chi connectivity index (χ3n) is 1.92. The van der Waals surface area contributed by atoms with Crippen LogP contribution in [0.25, 0.3) is 0 Å². The first-order valence-corrected chi connectivity index (χ1v) is 5.31.